The molecular formula is C28H24I2N4O2. The molecule has 0 saturated carbocycles. The molecule has 2 N–H and O–H groups in total. The van der Waals surface area contributed by atoms with Crippen LogP contribution in [0.2, 0.25) is 0 Å². The second kappa shape index (κ2) is 11.7. The van der Waals surface area contributed by atoms with Crippen LogP contribution in [0.3, 0.4) is 0 Å². The van der Waals surface area contributed by atoms with E-state index in [1.165, 1.54) is 0 Å². The van der Waals surface area contributed by atoms with E-state index in [9.17, 15) is 9.59 Å². The lowest BCUT2D eigenvalue weighted by molar-refractivity contribution is -0.645. The molecule has 8 heteroatoms. The first-order chi connectivity index (χ1) is 16.5. The van der Waals surface area contributed by atoms with Gasteiger partial charge in [0.2, 0.25) is 11.0 Å². The van der Waals surface area contributed by atoms with E-state index in [0.717, 1.165) is 21.8 Å². The molecule has 0 saturated heterocycles. The fraction of sp³-hybridized carbons (Fsp3) is 0.0714. The summed E-state index contributed by atoms with van der Waals surface area (Å²) in [5, 5.41) is 7.91. The number of hydrogen-bond acceptors (Lipinski definition) is 2. The van der Waals surface area contributed by atoms with E-state index in [1.807, 2.05) is 96.3 Å². The molecule has 2 heterocycles. The number of amides is 2. The topological polar surface area (TPSA) is 66.0 Å². The summed E-state index contributed by atoms with van der Waals surface area (Å²) >= 11 is 0. The number of benzene rings is 3. The molecule has 0 atom stereocenters. The van der Waals surface area contributed by atoms with E-state index in [2.05, 4.69) is 10.6 Å². The van der Waals surface area contributed by atoms with Crippen LogP contribution < -0.4 is 67.7 Å². The number of carbonyl (C=O) groups excluding carboxylic acids is 2. The van der Waals surface area contributed by atoms with E-state index in [-0.39, 0.29) is 59.8 Å². The summed E-state index contributed by atoms with van der Waals surface area (Å²) in [6.45, 7) is 0. The number of fused-ring (bicyclic) bond motifs is 2. The molecule has 5 rings (SSSR count). The van der Waals surface area contributed by atoms with E-state index in [0.29, 0.717) is 22.5 Å². The van der Waals surface area contributed by atoms with Crippen molar-refractivity contribution in [2.45, 2.75) is 0 Å². The van der Waals surface area contributed by atoms with E-state index in [1.54, 1.807) is 24.3 Å². The minimum atomic E-state index is -0.271. The maximum absolute atomic E-state index is 12.9. The van der Waals surface area contributed by atoms with Gasteiger partial charge in [-0.1, -0.05) is 6.07 Å². The average Bonchev–Trinajstić information content (AvgIpc) is 2.84. The Morgan fingerprint density at radius 3 is 1.47 bits per heavy atom. The predicted octanol–water partition coefficient (Wildman–Crippen LogP) is -1.85. The van der Waals surface area contributed by atoms with Crippen molar-refractivity contribution in [1.29, 1.82) is 0 Å². The van der Waals surface area contributed by atoms with Gasteiger partial charge in [0.15, 0.2) is 12.4 Å². The van der Waals surface area contributed by atoms with Gasteiger partial charge in [0.1, 0.15) is 14.1 Å². The molecule has 0 aliphatic rings. The number of nitrogens with one attached hydrogen (secondary N) is 2. The number of aromatic nitrogens is 2. The van der Waals surface area contributed by atoms with Gasteiger partial charge in [0.05, 0.1) is 0 Å². The van der Waals surface area contributed by atoms with Crippen LogP contribution in [-0.2, 0) is 14.1 Å². The first-order valence-corrected chi connectivity index (χ1v) is 11.0. The van der Waals surface area contributed by atoms with E-state index < -0.39 is 0 Å². The number of rotatable bonds is 4. The van der Waals surface area contributed by atoms with Crippen molar-refractivity contribution in [3.05, 3.63) is 108 Å². The van der Waals surface area contributed by atoms with Gasteiger partial charge in [-0.25, -0.2) is 9.13 Å². The van der Waals surface area contributed by atoms with Crippen molar-refractivity contribution in [3.63, 3.8) is 0 Å². The highest BCUT2D eigenvalue weighted by molar-refractivity contribution is 6.09. The lowest BCUT2D eigenvalue weighted by Crippen LogP contribution is -3.00. The molecule has 0 aliphatic heterocycles. The Balaban J connectivity index is 0.00000180. The Morgan fingerprint density at radius 1 is 0.583 bits per heavy atom. The highest BCUT2D eigenvalue weighted by atomic mass is 127. The summed E-state index contributed by atoms with van der Waals surface area (Å²) in [7, 11) is 3.96. The summed E-state index contributed by atoms with van der Waals surface area (Å²) in [6.07, 6.45) is 3.96. The maximum Gasteiger partial charge on any atom is 0.255 e. The molecule has 0 spiro atoms. The monoisotopic (exact) mass is 702 g/mol. The van der Waals surface area contributed by atoms with Crippen LogP contribution in [0.4, 0.5) is 11.4 Å². The van der Waals surface area contributed by atoms with Crippen molar-refractivity contribution in [3.8, 4) is 0 Å². The second-order valence-electron chi connectivity index (χ2n) is 8.27. The second-order valence-corrected chi connectivity index (χ2v) is 8.27. The highest BCUT2D eigenvalue weighted by Gasteiger charge is 2.13. The van der Waals surface area contributed by atoms with Gasteiger partial charge in [-0.15, -0.1) is 0 Å². The Bertz CT molecular complexity index is 1470. The number of aryl methyl sites for hydroxylation is 2. The average molecular weight is 702 g/mol. The first-order valence-electron chi connectivity index (χ1n) is 11.0. The third-order valence-electron chi connectivity index (χ3n) is 5.89. The van der Waals surface area contributed by atoms with Crippen molar-refractivity contribution in [2.24, 2.45) is 14.1 Å². The van der Waals surface area contributed by atoms with Gasteiger partial charge in [-0.2, -0.15) is 0 Å². The Labute approximate surface area is 243 Å². The molecular weight excluding hydrogens is 678 g/mol. The molecule has 0 fully saturated rings. The van der Waals surface area contributed by atoms with E-state index in [4.69, 9.17) is 0 Å². The Morgan fingerprint density at radius 2 is 1.03 bits per heavy atom. The van der Waals surface area contributed by atoms with Crippen LogP contribution in [0.15, 0.2) is 97.3 Å². The van der Waals surface area contributed by atoms with Crippen molar-refractivity contribution in [1.82, 2.24) is 0 Å². The quantitative estimate of drug-likeness (QED) is 0.171. The molecule has 182 valence electrons. The smallest absolute Gasteiger partial charge is 0.255 e. The first kappa shape index (κ1) is 27.5. The molecule has 0 aliphatic carbocycles. The van der Waals surface area contributed by atoms with Crippen LogP contribution in [0, 0.1) is 0 Å². The number of halogens is 2. The summed E-state index contributed by atoms with van der Waals surface area (Å²) in [5.74, 6) is -0.542. The van der Waals surface area contributed by atoms with Crippen LogP contribution >= 0.6 is 0 Å². The zero-order chi connectivity index (χ0) is 23.7. The predicted molar refractivity (Wildman–Crippen MR) is 133 cm³/mol. The third kappa shape index (κ3) is 5.81. The van der Waals surface area contributed by atoms with Gasteiger partial charge >= 0.3 is 0 Å². The molecule has 6 nitrogen and oxygen atoms in total. The van der Waals surface area contributed by atoms with Crippen LogP contribution in [0.5, 0.6) is 0 Å². The molecule has 2 amide bonds. The van der Waals surface area contributed by atoms with Gasteiger partial charge in [0, 0.05) is 57.5 Å². The third-order valence-corrected chi connectivity index (χ3v) is 5.89. The van der Waals surface area contributed by atoms with Crippen LogP contribution in [-0.4, -0.2) is 11.8 Å². The zero-order valence-electron chi connectivity index (χ0n) is 19.7. The molecule has 36 heavy (non-hydrogen) atoms. The van der Waals surface area contributed by atoms with Gasteiger partial charge < -0.3 is 58.6 Å². The molecule has 0 unspecified atom stereocenters. The summed E-state index contributed by atoms with van der Waals surface area (Å²) in [4.78, 5) is 25.8. The molecule has 5 aromatic rings. The normalized spacial score (nSPS) is 10.3. The number of hydrogen-bond donors (Lipinski definition) is 2. The van der Waals surface area contributed by atoms with Crippen molar-refractivity contribution >= 4 is 45.0 Å². The minimum Gasteiger partial charge on any atom is -1.00 e. The Hall–Kier alpha value is -3.12. The summed E-state index contributed by atoms with van der Waals surface area (Å²) in [6, 6.07) is 26.2. The molecule has 2 aromatic heterocycles. The Kier molecular flexibility index (Phi) is 8.96. The summed E-state index contributed by atoms with van der Waals surface area (Å²) < 4.78 is 4.05. The lowest BCUT2D eigenvalue weighted by Gasteiger charge is -2.09. The molecule has 0 radical (unpaired) electrons. The number of pyridine rings is 2. The van der Waals surface area contributed by atoms with Gasteiger partial charge in [-0.05, 0) is 54.6 Å². The van der Waals surface area contributed by atoms with Crippen LogP contribution in [0.1, 0.15) is 20.7 Å². The van der Waals surface area contributed by atoms with E-state index >= 15 is 0 Å². The van der Waals surface area contributed by atoms with Crippen LogP contribution in [0.25, 0.3) is 21.8 Å². The number of carbonyl (C=O) groups is 2. The number of anilines is 2. The van der Waals surface area contributed by atoms with Crippen molar-refractivity contribution < 1.29 is 66.7 Å². The minimum absolute atomic E-state index is 0. The van der Waals surface area contributed by atoms with Crippen molar-refractivity contribution in [2.75, 3.05) is 10.6 Å². The SMILES string of the molecule is C[n+]1cccc2cc(NC(=O)c3cccc(C(=O)Nc4ccc5c(ccc[n+]5C)c4)c3)ccc21.[I-].[I-]. The molecule has 3 aromatic carbocycles. The zero-order valence-corrected chi connectivity index (χ0v) is 24.0. The lowest BCUT2D eigenvalue weighted by atomic mass is 10.1. The standard InChI is InChI=1S/C28H22N4O2.2HI/c1-31-14-4-8-19-17-23(10-12-25(19)31)29-27(33)21-6-3-7-22(16-21)28(34)30-24-11-13-26-20(18-24)9-5-15-32(26)2;;/h3-18H,1-2H3;2*1H. The summed E-state index contributed by atoms with van der Waals surface area (Å²) in [5.41, 5.74) is 4.36. The number of nitrogens with zero attached hydrogens (tertiary/aromatic N) is 2. The van der Waals surface area contributed by atoms with Gasteiger partial charge in [0.25, 0.3) is 11.8 Å². The largest absolute Gasteiger partial charge is 1.00 e. The maximum atomic E-state index is 12.9. The highest BCUT2D eigenvalue weighted by Crippen LogP contribution is 2.19. The fourth-order valence-corrected chi connectivity index (χ4v) is 4.09. The molecule has 0 bridgehead atoms. The van der Waals surface area contributed by atoms with Gasteiger partial charge in [-0.3, -0.25) is 9.59 Å². The fourth-order valence-electron chi connectivity index (χ4n) is 4.09.